The van der Waals surface area contributed by atoms with Crippen LogP contribution in [-0.4, -0.2) is 13.4 Å². The number of pyridine rings is 1. The van der Waals surface area contributed by atoms with Crippen molar-refractivity contribution >= 4 is 21.4 Å². The number of hydrogen-bond acceptors (Lipinski definition) is 5. The Kier molecular flexibility index (Phi) is 3.63. The van der Waals surface area contributed by atoms with Gasteiger partial charge in [-0.25, -0.2) is 12.8 Å². The minimum Gasteiger partial charge on any atom is -0.324 e. The highest BCUT2D eigenvalue weighted by Crippen LogP contribution is 2.19. The van der Waals surface area contributed by atoms with Gasteiger partial charge in [0.25, 0.3) is 10.0 Å². The Bertz CT molecular complexity index is 673. The van der Waals surface area contributed by atoms with E-state index in [4.69, 9.17) is 5.84 Å². The average Bonchev–Trinajstić information content (AvgIpc) is 2.41. The monoisotopic (exact) mass is 282 g/mol. The highest BCUT2D eigenvalue weighted by molar-refractivity contribution is 7.92. The highest BCUT2D eigenvalue weighted by Gasteiger charge is 2.15. The number of halogens is 1. The zero-order chi connectivity index (χ0) is 13.9. The molecule has 0 aliphatic rings. The van der Waals surface area contributed by atoms with Gasteiger partial charge in [0, 0.05) is 11.9 Å². The third kappa shape index (κ3) is 2.98. The number of benzene rings is 1. The Balaban J connectivity index is 2.30. The van der Waals surface area contributed by atoms with Crippen LogP contribution in [0.1, 0.15) is 0 Å². The molecule has 0 saturated carbocycles. The number of nitrogens with one attached hydrogen (secondary N) is 2. The highest BCUT2D eigenvalue weighted by atomic mass is 32.2. The van der Waals surface area contributed by atoms with Crippen molar-refractivity contribution in [2.24, 2.45) is 5.84 Å². The molecule has 8 heteroatoms. The summed E-state index contributed by atoms with van der Waals surface area (Å²) in [6.07, 6.45) is 2.22. The molecule has 0 aliphatic carbocycles. The van der Waals surface area contributed by atoms with Gasteiger partial charge in [-0.05, 0) is 30.3 Å². The zero-order valence-electron chi connectivity index (χ0n) is 9.67. The van der Waals surface area contributed by atoms with Gasteiger partial charge in [0.05, 0.1) is 16.8 Å². The number of nitrogens with zero attached hydrogens (tertiary/aromatic N) is 1. The van der Waals surface area contributed by atoms with Gasteiger partial charge < -0.3 is 5.43 Å². The lowest BCUT2D eigenvalue weighted by molar-refractivity contribution is 0.598. The number of rotatable bonds is 4. The van der Waals surface area contributed by atoms with E-state index in [1.807, 2.05) is 0 Å². The van der Waals surface area contributed by atoms with Crippen LogP contribution >= 0.6 is 0 Å². The summed E-state index contributed by atoms with van der Waals surface area (Å²) in [5, 5.41) is 0. The molecular formula is C11H11FN4O2S. The smallest absolute Gasteiger partial charge is 0.261 e. The van der Waals surface area contributed by atoms with Crippen LogP contribution in [0.5, 0.6) is 0 Å². The summed E-state index contributed by atoms with van der Waals surface area (Å²) in [4.78, 5) is 3.54. The fraction of sp³-hybridized carbons (Fsp3) is 0. The topological polar surface area (TPSA) is 97.1 Å². The van der Waals surface area contributed by atoms with Crippen LogP contribution in [0.3, 0.4) is 0 Å². The molecule has 2 rings (SSSR count). The van der Waals surface area contributed by atoms with E-state index < -0.39 is 15.8 Å². The predicted octanol–water partition coefficient (Wildman–Crippen LogP) is 1.31. The summed E-state index contributed by atoms with van der Waals surface area (Å²) >= 11 is 0. The van der Waals surface area contributed by atoms with Gasteiger partial charge in [-0.3, -0.25) is 15.5 Å². The predicted molar refractivity (Wildman–Crippen MR) is 69.3 cm³/mol. The van der Waals surface area contributed by atoms with Crippen LogP contribution < -0.4 is 16.0 Å². The molecule has 0 saturated heterocycles. The third-order valence-electron chi connectivity index (χ3n) is 2.35. The van der Waals surface area contributed by atoms with Crippen molar-refractivity contribution in [1.82, 2.24) is 4.98 Å². The second kappa shape index (κ2) is 5.21. The largest absolute Gasteiger partial charge is 0.324 e. The van der Waals surface area contributed by atoms with Crippen LogP contribution in [0, 0.1) is 5.82 Å². The first-order valence-electron chi connectivity index (χ1n) is 5.22. The van der Waals surface area contributed by atoms with Crippen LogP contribution in [0.15, 0.2) is 47.6 Å². The molecule has 4 N–H and O–H groups in total. The molecule has 0 atom stereocenters. The van der Waals surface area contributed by atoms with Gasteiger partial charge in [0.1, 0.15) is 0 Å². The molecule has 0 aliphatic heterocycles. The summed E-state index contributed by atoms with van der Waals surface area (Å²) in [5.74, 6) is 4.44. The summed E-state index contributed by atoms with van der Waals surface area (Å²) < 4.78 is 39.5. The molecule has 2 aromatic rings. The van der Waals surface area contributed by atoms with Gasteiger partial charge in [-0.15, -0.1) is 0 Å². The maximum Gasteiger partial charge on any atom is 0.261 e. The molecule has 0 bridgehead atoms. The van der Waals surface area contributed by atoms with E-state index >= 15 is 0 Å². The number of anilines is 2. The van der Waals surface area contributed by atoms with E-state index in [9.17, 15) is 12.8 Å². The quantitative estimate of drug-likeness (QED) is 0.580. The number of hydrogen-bond donors (Lipinski definition) is 3. The van der Waals surface area contributed by atoms with Crippen LogP contribution in [-0.2, 0) is 10.0 Å². The molecule has 6 nitrogen and oxygen atoms in total. The van der Waals surface area contributed by atoms with Crippen molar-refractivity contribution < 1.29 is 12.8 Å². The number of aromatic nitrogens is 1. The third-order valence-corrected chi connectivity index (χ3v) is 3.73. The summed E-state index contributed by atoms with van der Waals surface area (Å²) in [6, 6.07) is 6.95. The van der Waals surface area contributed by atoms with Crippen molar-refractivity contribution in [1.29, 1.82) is 0 Å². The molecule has 1 aromatic heterocycles. The minimum atomic E-state index is -3.85. The Hall–Kier alpha value is -2.19. The van der Waals surface area contributed by atoms with E-state index in [1.54, 1.807) is 0 Å². The number of nitrogen functional groups attached to an aromatic ring is 1. The normalized spacial score (nSPS) is 11.1. The number of hydrazine groups is 1. The van der Waals surface area contributed by atoms with E-state index in [2.05, 4.69) is 15.1 Å². The molecule has 0 radical (unpaired) electrons. The van der Waals surface area contributed by atoms with Gasteiger partial charge in [0.2, 0.25) is 0 Å². The Morgan fingerprint density at radius 2 is 1.84 bits per heavy atom. The first-order valence-corrected chi connectivity index (χ1v) is 6.70. The minimum absolute atomic E-state index is 0.00251. The van der Waals surface area contributed by atoms with E-state index in [1.165, 1.54) is 36.5 Å². The molecule has 0 fully saturated rings. The number of sulfonamides is 1. The second-order valence-electron chi connectivity index (χ2n) is 3.63. The molecule has 100 valence electrons. The first-order chi connectivity index (χ1) is 9.03. The molecule has 0 unspecified atom stereocenters. The summed E-state index contributed by atoms with van der Waals surface area (Å²) in [5.41, 5.74) is 2.79. The molecule has 1 heterocycles. The molecule has 1 aromatic carbocycles. The van der Waals surface area contributed by atoms with Crippen molar-refractivity contribution in [2.75, 3.05) is 10.1 Å². The van der Waals surface area contributed by atoms with E-state index in [0.717, 1.165) is 6.20 Å². The SMILES string of the molecule is NNc1ccc(S(=O)(=O)Nc2ccncc2F)cc1. The standard InChI is InChI=1S/C11H11FN4O2S/c12-10-7-14-6-5-11(10)16-19(17,18)9-3-1-8(15-13)2-4-9/h1-7,15H,13H2,(H,14,16). The Labute approximate surface area is 109 Å². The van der Waals surface area contributed by atoms with Crippen molar-refractivity contribution in [3.05, 3.63) is 48.5 Å². The van der Waals surface area contributed by atoms with Crippen LogP contribution in [0.2, 0.25) is 0 Å². The zero-order valence-corrected chi connectivity index (χ0v) is 10.5. The van der Waals surface area contributed by atoms with Gasteiger partial charge in [0.15, 0.2) is 5.82 Å². The van der Waals surface area contributed by atoms with Gasteiger partial charge in [-0.1, -0.05) is 0 Å². The number of nitrogens with two attached hydrogens (primary N) is 1. The van der Waals surface area contributed by atoms with Crippen molar-refractivity contribution in [3.8, 4) is 0 Å². The van der Waals surface area contributed by atoms with E-state index in [0.29, 0.717) is 5.69 Å². The first kappa shape index (κ1) is 13.2. The van der Waals surface area contributed by atoms with Crippen LogP contribution in [0.4, 0.5) is 15.8 Å². The van der Waals surface area contributed by atoms with Crippen molar-refractivity contribution in [3.63, 3.8) is 0 Å². The summed E-state index contributed by atoms with van der Waals surface area (Å²) in [7, 11) is -3.85. The molecule has 0 spiro atoms. The summed E-state index contributed by atoms with van der Waals surface area (Å²) in [6.45, 7) is 0. The maximum absolute atomic E-state index is 13.3. The van der Waals surface area contributed by atoms with Gasteiger partial charge in [-0.2, -0.15) is 0 Å². The average molecular weight is 282 g/mol. The van der Waals surface area contributed by atoms with Crippen LogP contribution in [0.25, 0.3) is 0 Å². The lowest BCUT2D eigenvalue weighted by atomic mass is 10.3. The molecule has 0 amide bonds. The van der Waals surface area contributed by atoms with Crippen molar-refractivity contribution in [2.45, 2.75) is 4.90 Å². The Morgan fingerprint density at radius 3 is 2.42 bits per heavy atom. The second-order valence-corrected chi connectivity index (χ2v) is 5.31. The van der Waals surface area contributed by atoms with E-state index in [-0.39, 0.29) is 10.6 Å². The van der Waals surface area contributed by atoms with Gasteiger partial charge >= 0.3 is 0 Å². The molecule has 19 heavy (non-hydrogen) atoms. The fourth-order valence-corrected chi connectivity index (χ4v) is 2.46. The lowest BCUT2D eigenvalue weighted by Gasteiger charge is -2.09. The molecular weight excluding hydrogens is 271 g/mol. The fourth-order valence-electron chi connectivity index (χ4n) is 1.39. The maximum atomic E-state index is 13.3. The Morgan fingerprint density at radius 1 is 1.16 bits per heavy atom. The lowest BCUT2D eigenvalue weighted by Crippen LogP contribution is -2.14.